The average molecular weight is 467 g/mol. The maximum atomic E-state index is 12.8. The summed E-state index contributed by atoms with van der Waals surface area (Å²) in [6.07, 6.45) is 5.71. The third kappa shape index (κ3) is 5.67. The van der Waals surface area contributed by atoms with E-state index in [-0.39, 0.29) is 27.7 Å². The molecule has 1 aliphatic carbocycles. The van der Waals surface area contributed by atoms with Crippen LogP contribution in [0, 0.1) is 0 Å². The van der Waals surface area contributed by atoms with E-state index < -0.39 is 10.0 Å². The van der Waals surface area contributed by atoms with E-state index in [4.69, 9.17) is 4.42 Å². The van der Waals surface area contributed by atoms with Gasteiger partial charge in [0.2, 0.25) is 21.8 Å². The Bertz CT molecular complexity index is 983. The molecule has 1 aliphatic rings. The van der Waals surface area contributed by atoms with Crippen LogP contribution in [-0.4, -0.2) is 65.7 Å². The van der Waals surface area contributed by atoms with Crippen LogP contribution in [0.1, 0.15) is 46.0 Å². The zero-order valence-corrected chi connectivity index (χ0v) is 19.9. The summed E-state index contributed by atoms with van der Waals surface area (Å²) in [6.45, 7) is 4.40. The Labute approximate surface area is 188 Å². The standard InChI is InChI=1S/C21H30N4O4S2/c1-4-25(5-2)31(27,28)18-13-9-10-16(14-18)20-22-23-21(29-20)30-15-19(26)24(3)17-11-7-6-8-12-17/h9-10,13-14,17H,4-8,11-12,15H2,1-3H3. The summed E-state index contributed by atoms with van der Waals surface area (Å²) in [4.78, 5) is 14.5. The van der Waals surface area contributed by atoms with Gasteiger partial charge in [-0.15, -0.1) is 10.2 Å². The van der Waals surface area contributed by atoms with Gasteiger partial charge in [-0.2, -0.15) is 4.31 Å². The number of nitrogens with zero attached hydrogens (tertiary/aromatic N) is 4. The van der Waals surface area contributed by atoms with Crippen LogP contribution in [0.15, 0.2) is 38.8 Å². The first-order chi connectivity index (χ1) is 14.9. The Balaban J connectivity index is 1.66. The molecule has 1 aromatic heterocycles. The lowest BCUT2D eigenvalue weighted by Crippen LogP contribution is -2.39. The van der Waals surface area contributed by atoms with Crippen molar-refractivity contribution in [2.45, 2.75) is 62.1 Å². The second-order valence-corrected chi connectivity index (χ2v) is 10.4. The van der Waals surface area contributed by atoms with Gasteiger partial charge in [-0.05, 0) is 31.0 Å². The highest BCUT2D eigenvalue weighted by Gasteiger charge is 2.24. The van der Waals surface area contributed by atoms with Gasteiger partial charge in [0.25, 0.3) is 5.22 Å². The molecule has 0 atom stereocenters. The van der Waals surface area contributed by atoms with Crippen LogP contribution in [0.4, 0.5) is 0 Å². The van der Waals surface area contributed by atoms with Crippen LogP contribution in [0.25, 0.3) is 11.5 Å². The van der Waals surface area contributed by atoms with E-state index in [2.05, 4.69) is 10.2 Å². The lowest BCUT2D eigenvalue weighted by atomic mass is 9.94. The predicted octanol–water partition coefficient (Wildman–Crippen LogP) is 3.65. The van der Waals surface area contributed by atoms with Gasteiger partial charge >= 0.3 is 0 Å². The molecule has 0 N–H and O–H groups in total. The molecular weight excluding hydrogens is 436 g/mol. The average Bonchev–Trinajstić information content (AvgIpc) is 3.27. The number of thioether (sulfide) groups is 1. The topological polar surface area (TPSA) is 96.6 Å². The van der Waals surface area contributed by atoms with Crippen LogP contribution in [0.5, 0.6) is 0 Å². The van der Waals surface area contributed by atoms with Gasteiger partial charge in [0, 0.05) is 31.7 Å². The minimum Gasteiger partial charge on any atom is -0.411 e. The monoisotopic (exact) mass is 466 g/mol. The Kier molecular flexibility index (Phi) is 8.12. The normalized spacial score (nSPS) is 15.4. The summed E-state index contributed by atoms with van der Waals surface area (Å²) in [5.74, 6) is 0.501. The molecule has 0 aliphatic heterocycles. The molecule has 3 rings (SSSR count). The van der Waals surface area contributed by atoms with E-state index in [1.54, 1.807) is 32.0 Å². The van der Waals surface area contributed by atoms with Gasteiger partial charge in [0.05, 0.1) is 10.6 Å². The predicted molar refractivity (Wildman–Crippen MR) is 120 cm³/mol. The largest absolute Gasteiger partial charge is 0.411 e. The first kappa shape index (κ1) is 23.7. The fourth-order valence-corrected chi connectivity index (χ4v) is 5.98. The van der Waals surface area contributed by atoms with Crippen molar-refractivity contribution in [1.82, 2.24) is 19.4 Å². The SMILES string of the molecule is CCN(CC)S(=O)(=O)c1cccc(-c2nnc(SCC(=O)N(C)C3CCCCC3)o2)c1. The minimum absolute atomic E-state index is 0.0453. The lowest BCUT2D eigenvalue weighted by molar-refractivity contribution is -0.129. The number of aromatic nitrogens is 2. The highest BCUT2D eigenvalue weighted by molar-refractivity contribution is 7.99. The number of carbonyl (C=O) groups is 1. The Morgan fingerprint density at radius 1 is 1.16 bits per heavy atom. The molecule has 0 bridgehead atoms. The molecule has 0 radical (unpaired) electrons. The van der Waals surface area contributed by atoms with Crippen molar-refractivity contribution < 1.29 is 17.6 Å². The van der Waals surface area contributed by atoms with Crippen LogP contribution < -0.4 is 0 Å². The van der Waals surface area contributed by atoms with Crippen molar-refractivity contribution in [2.75, 3.05) is 25.9 Å². The van der Waals surface area contributed by atoms with Crippen molar-refractivity contribution in [3.05, 3.63) is 24.3 Å². The fraction of sp³-hybridized carbons (Fsp3) is 0.571. The van der Waals surface area contributed by atoms with E-state index >= 15 is 0 Å². The summed E-state index contributed by atoms with van der Waals surface area (Å²) in [6, 6.07) is 6.80. The molecule has 10 heteroatoms. The maximum absolute atomic E-state index is 12.8. The number of amides is 1. The van der Waals surface area contributed by atoms with Gasteiger partial charge in [0.1, 0.15) is 0 Å². The molecule has 0 unspecified atom stereocenters. The number of carbonyl (C=O) groups excluding carboxylic acids is 1. The summed E-state index contributed by atoms with van der Waals surface area (Å²) in [5, 5.41) is 8.34. The summed E-state index contributed by atoms with van der Waals surface area (Å²) < 4.78 is 32.6. The first-order valence-corrected chi connectivity index (χ1v) is 13.1. The highest BCUT2D eigenvalue weighted by Crippen LogP contribution is 2.27. The fourth-order valence-electron chi connectivity index (χ4n) is 3.78. The van der Waals surface area contributed by atoms with Gasteiger partial charge < -0.3 is 9.32 Å². The summed E-state index contributed by atoms with van der Waals surface area (Å²) >= 11 is 1.20. The van der Waals surface area contributed by atoms with E-state index in [0.717, 1.165) is 12.8 Å². The van der Waals surface area contributed by atoms with E-state index in [1.165, 1.54) is 41.4 Å². The zero-order valence-electron chi connectivity index (χ0n) is 18.3. The van der Waals surface area contributed by atoms with Crippen molar-refractivity contribution in [3.8, 4) is 11.5 Å². The van der Waals surface area contributed by atoms with Crippen LogP contribution in [0.2, 0.25) is 0 Å². The van der Waals surface area contributed by atoms with Crippen molar-refractivity contribution in [3.63, 3.8) is 0 Å². The number of hydrogen-bond acceptors (Lipinski definition) is 7. The Hall–Kier alpha value is -1.91. The van der Waals surface area contributed by atoms with Crippen LogP contribution in [0.3, 0.4) is 0 Å². The zero-order chi connectivity index (χ0) is 22.4. The van der Waals surface area contributed by atoms with Gasteiger partial charge in [-0.1, -0.05) is 50.9 Å². The molecule has 170 valence electrons. The molecule has 1 aromatic carbocycles. The van der Waals surface area contributed by atoms with Crippen molar-refractivity contribution in [1.29, 1.82) is 0 Å². The molecule has 0 spiro atoms. The third-order valence-corrected chi connectivity index (χ3v) is 8.51. The van der Waals surface area contributed by atoms with E-state index in [0.29, 0.717) is 24.7 Å². The molecule has 1 fully saturated rings. The van der Waals surface area contributed by atoms with E-state index in [9.17, 15) is 13.2 Å². The van der Waals surface area contributed by atoms with Crippen LogP contribution >= 0.6 is 11.8 Å². The van der Waals surface area contributed by atoms with Crippen LogP contribution in [-0.2, 0) is 14.8 Å². The van der Waals surface area contributed by atoms with E-state index in [1.807, 2.05) is 11.9 Å². The van der Waals surface area contributed by atoms with Gasteiger partial charge in [0.15, 0.2) is 0 Å². The number of rotatable bonds is 9. The quantitative estimate of drug-likeness (QED) is 0.520. The molecule has 1 heterocycles. The molecule has 0 saturated heterocycles. The Morgan fingerprint density at radius 2 is 1.87 bits per heavy atom. The van der Waals surface area contributed by atoms with Crippen molar-refractivity contribution >= 4 is 27.7 Å². The smallest absolute Gasteiger partial charge is 0.277 e. The second-order valence-electron chi connectivity index (χ2n) is 7.58. The summed E-state index contributed by atoms with van der Waals surface area (Å²) in [5.41, 5.74) is 0.526. The molecule has 1 saturated carbocycles. The summed E-state index contributed by atoms with van der Waals surface area (Å²) in [7, 11) is -1.72. The van der Waals surface area contributed by atoms with Gasteiger partial charge in [-0.25, -0.2) is 8.42 Å². The lowest BCUT2D eigenvalue weighted by Gasteiger charge is -2.31. The maximum Gasteiger partial charge on any atom is 0.277 e. The Morgan fingerprint density at radius 3 is 2.55 bits per heavy atom. The first-order valence-electron chi connectivity index (χ1n) is 10.7. The highest BCUT2D eigenvalue weighted by atomic mass is 32.2. The van der Waals surface area contributed by atoms with Crippen molar-refractivity contribution in [2.24, 2.45) is 0 Å². The van der Waals surface area contributed by atoms with Gasteiger partial charge in [-0.3, -0.25) is 4.79 Å². The number of sulfonamides is 1. The molecule has 1 amide bonds. The number of hydrogen-bond donors (Lipinski definition) is 0. The third-order valence-electron chi connectivity index (χ3n) is 5.67. The molecular formula is C21H30N4O4S2. The molecule has 31 heavy (non-hydrogen) atoms. The minimum atomic E-state index is -3.58. The molecule has 2 aromatic rings. The second kappa shape index (κ2) is 10.6. The molecule has 8 nitrogen and oxygen atoms in total. The number of benzene rings is 1.